The highest BCUT2D eigenvalue weighted by molar-refractivity contribution is 7.90. The summed E-state index contributed by atoms with van der Waals surface area (Å²) < 4.78 is 32.0. The number of rotatable bonds is 6. The van der Waals surface area contributed by atoms with Crippen LogP contribution in [-0.2, 0) is 24.3 Å². The summed E-state index contributed by atoms with van der Waals surface area (Å²) in [7, 11) is -2.78. The third-order valence-corrected chi connectivity index (χ3v) is 5.94. The van der Waals surface area contributed by atoms with E-state index in [1.807, 2.05) is 0 Å². The molecule has 0 radical (unpaired) electrons. The van der Waals surface area contributed by atoms with Crippen LogP contribution in [0, 0.1) is 5.92 Å². The Morgan fingerprint density at radius 3 is 2.48 bits per heavy atom. The Morgan fingerprint density at radius 1 is 1.26 bits per heavy atom. The number of hydrogen-bond acceptors (Lipinski definition) is 5. The standard InChI is InChI=1S/C15H19NO6S/c1-22-15(19)11-8-5-9-12(11)23(20,21)16-13(14(17)18)10-6-3-2-4-7-10/h2-4,6-7,11-13,16H,5,8-9H2,1H3,(H,17,18)/t11?,12?,13-/m1/s1. The Balaban J connectivity index is 2.25. The first-order chi connectivity index (χ1) is 10.9. The van der Waals surface area contributed by atoms with Gasteiger partial charge in [0.2, 0.25) is 10.0 Å². The summed E-state index contributed by atoms with van der Waals surface area (Å²) in [5, 5.41) is 8.36. The van der Waals surface area contributed by atoms with E-state index in [1.54, 1.807) is 18.2 Å². The first-order valence-corrected chi connectivity index (χ1v) is 8.78. The molecule has 0 heterocycles. The van der Waals surface area contributed by atoms with Gasteiger partial charge in [0.1, 0.15) is 6.04 Å². The molecule has 2 unspecified atom stereocenters. The molecule has 1 aliphatic carbocycles. The van der Waals surface area contributed by atoms with Crippen molar-refractivity contribution in [3.63, 3.8) is 0 Å². The lowest BCUT2D eigenvalue weighted by Gasteiger charge is -2.21. The molecule has 1 aromatic carbocycles. The second kappa shape index (κ2) is 7.10. The van der Waals surface area contributed by atoms with Gasteiger partial charge in [-0.15, -0.1) is 0 Å². The lowest BCUT2D eigenvalue weighted by molar-refractivity contribution is -0.145. The average molecular weight is 341 g/mol. The molecule has 2 N–H and O–H groups in total. The van der Waals surface area contributed by atoms with Gasteiger partial charge in [-0.3, -0.25) is 9.59 Å². The second-order valence-electron chi connectivity index (χ2n) is 5.44. The molecule has 0 bridgehead atoms. The van der Waals surface area contributed by atoms with Gasteiger partial charge in [-0.1, -0.05) is 36.8 Å². The van der Waals surface area contributed by atoms with Crippen LogP contribution in [0.15, 0.2) is 30.3 Å². The fourth-order valence-corrected chi connectivity index (χ4v) is 4.77. The number of ether oxygens (including phenoxy) is 1. The zero-order valence-corrected chi connectivity index (χ0v) is 13.5. The number of aliphatic carboxylic acids is 1. The number of esters is 1. The molecule has 0 amide bonds. The topological polar surface area (TPSA) is 110 Å². The summed E-state index contributed by atoms with van der Waals surface area (Å²) in [4.78, 5) is 23.2. The molecule has 0 aliphatic heterocycles. The van der Waals surface area contributed by atoms with E-state index in [2.05, 4.69) is 9.46 Å². The molecule has 1 fully saturated rings. The van der Waals surface area contributed by atoms with Gasteiger partial charge in [0.05, 0.1) is 18.3 Å². The van der Waals surface area contributed by atoms with Gasteiger partial charge in [-0.2, -0.15) is 4.72 Å². The van der Waals surface area contributed by atoms with Gasteiger partial charge >= 0.3 is 11.9 Å². The minimum absolute atomic E-state index is 0.302. The lowest BCUT2D eigenvalue weighted by atomic mass is 10.1. The van der Waals surface area contributed by atoms with Crippen LogP contribution >= 0.6 is 0 Å². The molecular formula is C15H19NO6S. The van der Waals surface area contributed by atoms with Crippen LogP contribution < -0.4 is 4.72 Å². The van der Waals surface area contributed by atoms with E-state index >= 15 is 0 Å². The highest BCUT2D eigenvalue weighted by Crippen LogP contribution is 2.32. The van der Waals surface area contributed by atoms with Crippen molar-refractivity contribution in [3.05, 3.63) is 35.9 Å². The number of carbonyl (C=O) groups excluding carboxylic acids is 1. The molecule has 0 aromatic heterocycles. The van der Waals surface area contributed by atoms with E-state index in [0.29, 0.717) is 24.8 Å². The van der Waals surface area contributed by atoms with Crippen molar-refractivity contribution >= 4 is 22.0 Å². The van der Waals surface area contributed by atoms with Crippen LogP contribution in [0.3, 0.4) is 0 Å². The molecule has 23 heavy (non-hydrogen) atoms. The Hall–Kier alpha value is -1.93. The van der Waals surface area contributed by atoms with Gasteiger partial charge in [-0.25, -0.2) is 8.42 Å². The number of benzene rings is 1. The molecule has 7 nitrogen and oxygen atoms in total. The van der Waals surface area contributed by atoms with Crippen molar-refractivity contribution in [1.82, 2.24) is 4.72 Å². The first-order valence-electron chi connectivity index (χ1n) is 7.23. The maximum Gasteiger partial charge on any atom is 0.326 e. The highest BCUT2D eigenvalue weighted by atomic mass is 32.2. The monoisotopic (exact) mass is 341 g/mol. The van der Waals surface area contributed by atoms with E-state index < -0.39 is 39.2 Å². The minimum Gasteiger partial charge on any atom is -0.480 e. The van der Waals surface area contributed by atoms with E-state index in [4.69, 9.17) is 0 Å². The summed E-state index contributed by atoms with van der Waals surface area (Å²) in [6, 6.07) is 6.65. The number of methoxy groups -OCH3 is 1. The van der Waals surface area contributed by atoms with Crippen molar-refractivity contribution in [1.29, 1.82) is 0 Å². The van der Waals surface area contributed by atoms with Crippen LogP contribution in [0.1, 0.15) is 30.9 Å². The first kappa shape index (κ1) is 17.4. The largest absolute Gasteiger partial charge is 0.480 e. The Bertz CT molecular complexity index is 672. The van der Waals surface area contributed by atoms with Crippen molar-refractivity contribution in [2.45, 2.75) is 30.6 Å². The number of carbonyl (C=O) groups is 2. The lowest BCUT2D eigenvalue weighted by Crippen LogP contribution is -2.43. The fraction of sp³-hybridized carbons (Fsp3) is 0.467. The Morgan fingerprint density at radius 2 is 1.91 bits per heavy atom. The number of carboxylic acids is 1. The highest BCUT2D eigenvalue weighted by Gasteiger charge is 2.43. The van der Waals surface area contributed by atoms with Gasteiger partial charge in [0.25, 0.3) is 0 Å². The minimum atomic E-state index is -3.99. The molecule has 3 atom stereocenters. The third kappa shape index (κ3) is 3.89. The SMILES string of the molecule is COC(=O)C1CCCC1S(=O)(=O)N[C@@H](C(=O)O)c1ccccc1. The van der Waals surface area contributed by atoms with Crippen molar-refractivity contribution in [2.75, 3.05) is 7.11 Å². The summed E-state index contributed by atoms with van der Waals surface area (Å²) in [5.74, 6) is -2.64. The number of carboxylic acid groups (broad SMARTS) is 1. The summed E-state index contributed by atoms with van der Waals surface area (Å²) in [5.41, 5.74) is 0.330. The number of hydrogen-bond donors (Lipinski definition) is 2. The van der Waals surface area contributed by atoms with Crippen LogP contribution in [0.25, 0.3) is 0 Å². The molecule has 126 valence electrons. The normalized spacial score (nSPS) is 22.5. The molecule has 0 saturated heterocycles. The maximum absolute atomic E-state index is 12.6. The average Bonchev–Trinajstić information content (AvgIpc) is 3.03. The van der Waals surface area contributed by atoms with Crippen LogP contribution in [0.2, 0.25) is 0 Å². The zero-order valence-electron chi connectivity index (χ0n) is 12.6. The number of sulfonamides is 1. The molecular weight excluding hydrogens is 322 g/mol. The predicted molar refractivity (Wildman–Crippen MR) is 82.0 cm³/mol. The second-order valence-corrected chi connectivity index (χ2v) is 7.38. The van der Waals surface area contributed by atoms with Crippen molar-refractivity contribution in [3.8, 4) is 0 Å². The van der Waals surface area contributed by atoms with Gasteiger partial charge in [0.15, 0.2) is 0 Å². The Labute approximate surface area is 134 Å². The summed E-state index contributed by atoms with van der Waals surface area (Å²) in [6.45, 7) is 0. The molecule has 8 heteroatoms. The van der Waals surface area contributed by atoms with Crippen LogP contribution in [0.5, 0.6) is 0 Å². The number of nitrogens with one attached hydrogen (secondary N) is 1. The molecule has 2 rings (SSSR count). The third-order valence-electron chi connectivity index (χ3n) is 4.02. The van der Waals surface area contributed by atoms with Gasteiger partial charge in [0, 0.05) is 0 Å². The smallest absolute Gasteiger partial charge is 0.326 e. The zero-order chi connectivity index (χ0) is 17.0. The quantitative estimate of drug-likeness (QED) is 0.749. The van der Waals surface area contributed by atoms with E-state index in [1.165, 1.54) is 19.2 Å². The maximum atomic E-state index is 12.6. The van der Waals surface area contributed by atoms with Gasteiger partial charge in [-0.05, 0) is 18.4 Å². The molecule has 0 spiro atoms. The van der Waals surface area contributed by atoms with Crippen molar-refractivity contribution < 1.29 is 27.9 Å². The van der Waals surface area contributed by atoms with Crippen LogP contribution in [-0.4, -0.2) is 37.8 Å². The van der Waals surface area contributed by atoms with E-state index in [0.717, 1.165) is 0 Å². The molecule has 1 saturated carbocycles. The summed E-state index contributed by atoms with van der Waals surface area (Å²) >= 11 is 0. The fourth-order valence-electron chi connectivity index (χ4n) is 2.88. The van der Waals surface area contributed by atoms with Gasteiger partial charge < -0.3 is 9.84 Å². The predicted octanol–water partition coefficient (Wildman–Crippen LogP) is 1.07. The van der Waals surface area contributed by atoms with E-state index in [9.17, 15) is 23.1 Å². The molecule has 1 aliphatic rings. The van der Waals surface area contributed by atoms with E-state index in [-0.39, 0.29) is 0 Å². The Kier molecular flexibility index (Phi) is 5.38. The van der Waals surface area contributed by atoms with Crippen molar-refractivity contribution in [2.24, 2.45) is 5.92 Å². The summed E-state index contributed by atoms with van der Waals surface area (Å²) in [6.07, 6.45) is 1.30. The van der Waals surface area contributed by atoms with Crippen LogP contribution in [0.4, 0.5) is 0 Å². The molecule has 1 aromatic rings.